The molecule has 70 valence electrons. The van der Waals surface area contributed by atoms with E-state index >= 15 is 0 Å². The van der Waals surface area contributed by atoms with Crippen LogP contribution in [-0.4, -0.2) is 18.2 Å². The van der Waals surface area contributed by atoms with Crippen LogP contribution in [0.1, 0.15) is 5.56 Å². The SMILES string of the molecule is OC1(c2cc(F)ccc2Br)CNC1. The molecule has 0 aliphatic carbocycles. The second-order valence-electron chi connectivity index (χ2n) is 3.26. The molecule has 1 aliphatic rings. The van der Waals surface area contributed by atoms with Crippen molar-refractivity contribution in [2.24, 2.45) is 0 Å². The first-order chi connectivity index (χ1) is 6.12. The van der Waals surface area contributed by atoms with Gasteiger partial charge in [0.05, 0.1) is 0 Å². The minimum atomic E-state index is -0.902. The van der Waals surface area contributed by atoms with Gasteiger partial charge in [-0.1, -0.05) is 15.9 Å². The molecule has 0 aromatic heterocycles. The van der Waals surface area contributed by atoms with Gasteiger partial charge >= 0.3 is 0 Å². The smallest absolute Gasteiger partial charge is 0.123 e. The molecular formula is C9H9BrFNO. The summed E-state index contributed by atoms with van der Waals surface area (Å²) in [7, 11) is 0. The van der Waals surface area contributed by atoms with Crippen molar-refractivity contribution in [2.45, 2.75) is 5.60 Å². The van der Waals surface area contributed by atoms with E-state index in [9.17, 15) is 9.50 Å². The van der Waals surface area contributed by atoms with Crippen LogP contribution in [0.5, 0.6) is 0 Å². The van der Waals surface area contributed by atoms with E-state index < -0.39 is 5.60 Å². The highest BCUT2D eigenvalue weighted by Gasteiger charge is 2.37. The summed E-state index contributed by atoms with van der Waals surface area (Å²) in [6, 6.07) is 4.34. The molecule has 0 radical (unpaired) electrons. The summed E-state index contributed by atoms with van der Waals surface area (Å²) in [6.07, 6.45) is 0. The van der Waals surface area contributed by atoms with Crippen LogP contribution in [-0.2, 0) is 5.60 Å². The van der Waals surface area contributed by atoms with Crippen LogP contribution >= 0.6 is 15.9 Å². The van der Waals surface area contributed by atoms with Crippen molar-refractivity contribution in [3.05, 3.63) is 34.1 Å². The summed E-state index contributed by atoms with van der Waals surface area (Å²) in [5.74, 6) is -0.321. The Bertz CT molecular complexity index is 338. The van der Waals surface area contributed by atoms with Crippen LogP contribution in [0.3, 0.4) is 0 Å². The normalized spacial score (nSPS) is 19.6. The van der Waals surface area contributed by atoms with E-state index in [1.807, 2.05) is 0 Å². The minimum Gasteiger partial charge on any atom is -0.382 e. The average Bonchev–Trinajstić information content (AvgIpc) is 2.05. The van der Waals surface area contributed by atoms with Crippen LogP contribution in [0.4, 0.5) is 4.39 Å². The van der Waals surface area contributed by atoms with Gasteiger partial charge in [0.15, 0.2) is 0 Å². The highest BCUT2D eigenvalue weighted by atomic mass is 79.9. The van der Waals surface area contributed by atoms with Crippen LogP contribution < -0.4 is 5.32 Å². The molecule has 0 saturated carbocycles. The third-order valence-electron chi connectivity index (χ3n) is 2.26. The standard InChI is InChI=1S/C9H9BrFNO/c10-8-2-1-6(11)3-7(8)9(13)4-12-5-9/h1-3,12-13H,4-5H2. The zero-order valence-corrected chi connectivity index (χ0v) is 8.44. The first kappa shape index (κ1) is 9.12. The molecule has 1 fully saturated rings. The predicted octanol–water partition coefficient (Wildman–Crippen LogP) is 1.38. The molecular weight excluding hydrogens is 237 g/mol. The lowest BCUT2D eigenvalue weighted by molar-refractivity contribution is -0.0155. The molecule has 0 spiro atoms. The highest BCUT2D eigenvalue weighted by molar-refractivity contribution is 9.10. The third-order valence-corrected chi connectivity index (χ3v) is 2.96. The Kier molecular flexibility index (Phi) is 2.14. The molecule has 13 heavy (non-hydrogen) atoms. The highest BCUT2D eigenvalue weighted by Crippen LogP contribution is 2.31. The van der Waals surface area contributed by atoms with Gasteiger partial charge in [-0.25, -0.2) is 4.39 Å². The topological polar surface area (TPSA) is 32.3 Å². The Morgan fingerprint density at radius 2 is 2.15 bits per heavy atom. The summed E-state index contributed by atoms with van der Waals surface area (Å²) in [4.78, 5) is 0. The lowest BCUT2D eigenvalue weighted by atomic mass is 9.88. The number of benzene rings is 1. The monoisotopic (exact) mass is 245 g/mol. The molecule has 1 heterocycles. The fourth-order valence-corrected chi connectivity index (χ4v) is 2.02. The first-order valence-corrected chi connectivity index (χ1v) is 4.80. The molecule has 1 aromatic carbocycles. The van der Waals surface area contributed by atoms with E-state index in [0.29, 0.717) is 18.7 Å². The zero-order valence-electron chi connectivity index (χ0n) is 6.85. The Balaban J connectivity index is 2.43. The van der Waals surface area contributed by atoms with E-state index in [-0.39, 0.29) is 5.82 Å². The average molecular weight is 246 g/mol. The number of hydrogen-bond acceptors (Lipinski definition) is 2. The van der Waals surface area contributed by atoms with Gasteiger partial charge in [-0.15, -0.1) is 0 Å². The van der Waals surface area contributed by atoms with Crippen LogP contribution in [0.25, 0.3) is 0 Å². The maximum atomic E-state index is 12.9. The number of halogens is 2. The fourth-order valence-electron chi connectivity index (χ4n) is 1.41. The molecule has 0 amide bonds. The summed E-state index contributed by atoms with van der Waals surface area (Å²) in [5.41, 5.74) is -0.285. The lowest BCUT2D eigenvalue weighted by Crippen LogP contribution is -2.56. The Morgan fingerprint density at radius 1 is 1.46 bits per heavy atom. The number of hydrogen-bond donors (Lipinski definition) is 2. The van der Waals surface area contributed by atoms with E-state index in [4.69, 9.17) is 0 Å². The lowest BCUT2D eigenvalue weighted by Gasteiger charge is -2.38. The number of rotatable bonds is 1. The van der Waals surface area contributed by atoms with Gasteiger partial charge in [-0.05, 0) is 18.2 Å². The van der Waals surface area contributed by atoms with Gasteiger partial charge in [-0.3, -0.25) is 0 Å². The largest absolute Gasteiger partial charge is 0.382 e. The van der Waals surface area contributed by atoms with Crippen molar-refractivity contribution in [2.75, 3.05) is 13.1 Å². The summed E-state index contributed by atoms with van der Waals surface area (Å²) < 4.78 is 13.6. The first-order valence-electron chi connectivity index (χ1n) is 4.00. The van der Waals surface area contributed by atoms with E-state index in [0.717, 1.165) is 4.47 Å². The molecule has 0 unspecified atom stereocenters. The van der Waals surface area contributed by atoms with E-state index in [2.05, 4.69) is 21.2 Å². The van der Waals surface area contributed by atoms with Crippen molar-refractivity contribution in [1.29, 1.82) is 0 Å². The molecule has 2 nitrogen and oxygen atoms in total. The maximum Gasteiger partial charge on any atom is 0.123 e. The van der Waals surface area contributed by atoms with Crippen LogP contribution in [0, 0.1) is 5.82 Å². The van der Waals surface area contributed by atoms with Crippen LogP contribution in [0.15, 0.2) is 22.7 Å². The summed E-state index contributed by atoms with van der Waals surface area (Å²) in [6.45, 7) is 0.962. The maximum absolute atomic E-state index is 12.9. The van der Waals surface area contributed by atoms with Crippen molar-refractivity contribution < 1.29 is 9.50 Å². The van der Waals surface area contributed by atoms with Gasteiger partial charge in [0.25, 0.3) is 0 Å². The van der Waals surface area contributed by atoms with Crippen molar-refractivity contribution in [3.63, 3.8) is 0 Å². The molecule has 2 N–H and O–H groups in total. The van der Waals surface area contributed by atoms with Gasteiger partial charge in [-0.2, -0.15) is 0 Å². The van der Waals surface area contributed by atoms with E-state index in [1.54, 1.807) is 6.07 Å². The number of β-amino-alcohol motifs (C(OH)–C–C–N with tert-alkyl or cyclic N) is 1. The quantitative estimate of drug-likeness (QED) is 0.784. The molecule has 0 atom stereocenters. The van der Waals surface area contributed by atoms with Gasteiger partial charge < -0.3 is 10.4 Å². The van der Waals surface area contributed by atoms with Crippen molar-refractivity contribution in [1.82, 2.24) is 5.32 Å². The second kappa shape index (κ2) is 3.04. The molecule has 0 bridgehead atoms. The van der Waals surface area contributed by atoms with Crippen LogP contribution in [0.2, 0.25) is 0 Å². The number of aliphatic hydroxyl groups is 1. The Labute approximate surface area is 83.9 Å². The van der Waals surface area contributed by atoms with Crippen molar-refractivity contribution >= 4 is 15.9 Å². The van der Waals surface area contributed by atoms with Gasteiger partial charge in [0.1, 0.15) is 11.4 Å². The molecule has 1 aromatic rings. The minimum absolute atomic E-state index is 0.321. The third kappa shape index (κ3) is 1.49. The summed E-state index contributed by atoms with van der Waals surface area (Å²) in [5, 5.41) is 12.9. The van der Waals surface area contributed by atoms with Gasteiger partial charge in [0.2, 0.25) is 0 Å². The van der Waals surface area contributed by atoms with Gasteiger partial charge in [0, 0.05) is 23.1 Å². The second-order valence-corrected chi connectivity index (χ2v) is 4.11. The van der Waals surface area contributed by atoms with Crippen molar-refractivity contribution in [3.8, 4) is 0 Å². The number of nitrogens with one attached hydrogen (secondary N) is 1. The Hall–Kier alpha value is -0.450. The zero-order chi connectivity index (χ0) is 9.47. The fraction of sp³-hybridized carbons (Fsp3) is 0.333. The summed E-state index contributed by atoms with van der Waals surface area (Å²) >= 11 is 3.29. The molecule has 1 saturated heterocycles. The van der Waals surface area contributed by atoms with E-state index in [1.165, 1.54) is 12.1 Å². The molecule has 1 aliphatic heterocycles. The Morgan fingerprint density at radius 3 is 2.69 bits per heavy atom. The molecule has 4 heteroatoms. The molecule has 2 rings (SSSR count). The predicted molar refractivity (Wildman–Crippen MR) is 50.9 cm³/mol.